The number of hydrogen-bond acceptors (Lipinski definition) is 3. The van der Waals surface area contributed by atoms with Crippen molar-refractivity contribution in [2.75, 3.05) is 5.73 Å². The lowest BCUT2D eigenvalue weighted by Crippen LogP contribution is -2.45. The number of hydrogen-bond donors (Lipinski definition) is 3. The molecule has 0 bridgehead atoms. The number of aliphatic carboxylic acids is 1. The number of carbonyl (C=O) groups is 2. The minimum absolute atomic E-state index is 0.281. The highest BCUT2D eigenvalue weighted by Crippen LogP contribution is 2.25. The standard InChI is InChI=1S/C14H17BrN2O3/c15-9-5-8(6-10(16)7-9)13(18)17-12-4-2-1-3-11(12)14(19)20/h5-7,11-12H,1-4,16H2,(H,17,18)(H,19,20). The van der Waals surface area contributed by atoms with Gasteiger partial charge in [0.25, 0.3) is 5.91 Å². The highest BCUT2D eigenvalue weighted by molar-refractivity contribution is 9.10. The molecule has 4 N–H and O–H groups in total. The van der Waals surface area contributed by atoms with E-state index in [1.54, 1.807) is 18.2 Å². The lowest BCUT2D eigenvalue weighted by Gasteiger charge is -2.29. The molecule has 0 saturated heterocycles. The van der Waals surface area contributed by atoms with Crippen LogP contribution in [0.15, 0.2) is 22.7 Å². The van der Waals surface area contributed by atoms with Crippen LogP contribution in [-0.4, -0.2) is 23.0 Å². The van der Waals surface area contributed by atoms with Gasteiger partial charge in [0.2, 0.25) is 0 Å². The maximum Gasteiger partial charge on any atom is 0.308 e. The number of nitrogens with one attached hydrogen (secondary N) is 1. The maximum absolute atomic E-state index is 12.2. The van der Waals surface area contributed by atoms with Crippen LogP contribution in [0.5, 0.6) is 0 Å². The van der Waals surface area contributed by atoms with Crippen LogP contribution in [0.2, 0.25) is 0 Å². The summed E-state index contributed by atoms with van der Waals surface area (Å²) in [6.45, 7) is 0. The summed E-state index contributed by atoms with van der Waals surface area (Å²) in [6, 6.07) is 4.65. The van der Waals surface area contributed by atoms with Crippen molar-refractivity contribution in [1.29, 1.82) is 0 Å². The Morgan fingerprint density at radius 2 is 1.95 bits per heavy atom. The molecule has 0 spiro atoms. The molecule has 20 heavy (non-hydrogen) atoms. The molecule has 1 fully saturated rings. The summed E-state index contributed by atoms with van der Waals surface area (Å²) in [4.78, 5) is 23.4. The first-order chi connectivity index (χ1) is 9.47. The predicted octanol–water partition coefficient (Wildman–Crippen LogP) is 2.40. The monoisotopic (exact) mass is 340 g/mol. The van der Waals surface area contributed by atoms with E-state index in [0.717, 1.165) is 17.3 Å². The van der Waals surface area contributed by atoms with Crippen LogP contribution < -0.4 is 11.1 Å². The van der Waals surface area contributed by atoms with E-state index in [1.165, 1.54) is 0 Å². The fourth-order valence-electron chi connectivity index (χ4n) is 2.59. The molecular formula is C14H17BrN2O3. The molecule has 1 amide bonds. The van der Waals surface area contributed by atoms with Gasteiger partial charge in [-0.25, -0.2) is 0 Å². The smallest absolute Gasteiger partial charge is 0.308 e. The van der Waals surface area contributed by atoms with Gasteiger partial charge in [0.05, 0.1) is 5.92 Å². The van der Waals surface area contributed by atoms with E-state index in [9.17, 15) is 14.7 Å². The molecule has 1 aliphatic carbocycles. The van der Waals surface area contributed by atoms with Gasteiger partial charge in [-0.05, 0) is 31.0 Å². The summed E-state index contributed by atoms with van der Waals surface area (Å²) >= 11 is 3.29. The number of amides is 1. The molecule has 2 rings (SSSR count). The average Bonchev–Trinajstić information content (AvgIpc) is 2.37. The lowest BCUT2D eigenvalue weighted by molar-refractivity contribution is -0.143. The van der Waals surface area contributed by atoms with Gasteiger partial charge in [0.15, 0.2) is 0 Å². The van der Waals surface area contributed by atoms with Crippen molar-refractivity contribution in [3.63, 3.8) is 0 Å². The van der Waals surface area contributed by atoms with Crippen molar-refractivity contribution < 1.29 is 14.7 Å². The number of carboxylic acid groups (broad SMARTS) is 1. The predicted molar refractivity (Wildman–Crippen MR) is 79.4 cm³/mol. The lowest BCUT2D eigenvalue weighted by atomic mass is 9.84. The van der Waals surface area contributed by atoms with Crippen LogP contribution in [-0.2, 0) is 4.79 Å². The normalized spacial score (nSPS) is 22.2. The fraction of sp³-hybridized carbons (Fsp3) is 0.429. The van der Waals surface area contributed by atoms with E-state index >= 15 is 0 Å². The quantitative estimate of drug-likeness (QED) is 0.736. The minimum atomic E-state index is -0.844. The maximum atomic E-state index is 12.2. The van der Waals surface area contributed by atoms with Crippen LogP contribution >= 0.6 is 15.9 Å². The van der Waals surface area contributed by atoms with Crippen LogP contribution in [0.25, 0.3) is 0 Å². The molecule has 0 aromatic heterocycles. The number of nitrogens with two attached hydrogens (primary N) is 1. The van der Waals surface area contributed by atoms with Crippen LogP contribution in [0.1, 0.15) is 36.0 Å². The number of carboxylic acids is 1. The zero-order valence-corrected chi connectivity index (χ0v) is 12.5. The first-order valence-corrected chi connectivity index (χ1v) is 7.36. The molecule has 0 aliphatic heterocycles. The number of anilines is 1. The Kier molecular flexibility index (Phi) is 4.65. The molecule has 2 unspecified atom stereocenters. The summed E-state index contributed by atoms with van der Waals surface area (Å²) in [5.41, 5.74) is 6.63. The molecule has 0 radical (unpaired) electrons. The van der Waals surface area contributed by atoms with Gasteiger partial charge >= 0.3 is 5.97 Å². The third-order valence-corrected chi connectivity index (χ3v) is 4.04. The Morgan fingerprint density at radius 1 is 1.25 bits per heavy atom. The van der Waals surface area contributed by atoms with E-state index in [1.807, 2.05) is 0 Å². The Morgan fingerprint density at radius 3 is 2.60 bits per heavy atom. The van der Waals surface area contributed by atoms with Crippen molar-refractivity contribution in [1.82, 2.24) is 5.32 Å². The minimum Gasteiger partial charge on any atom is -0.481 e. The van der Waals surface area contributed by atoms with Crippen LogP contribution in [0.4, 0.5) is 5.69 Å². The van der Waals surface area contributed by atoms with Crippen molar-refractivity contribution in [3.8, 4) is 0 Å². The molecule has 2 atom stereocenters. The van der Waals surface area contributed by atoms with Crippen molar-refractivity contribution in [2.24, 2.45) is 5.92 Å². The SMILES string of the molecule is Nc1cc(Br)cc(C(=O)NC2CCCCC2C(=O)O)c1. The molecule has 6 heteroatoms. The second-order valence-electron chi connectivity index (χ2n) is 5.08. The number of rotatable bonds is 3. The summed E-state index contributed by atoms with van der Waals surface area (Å²) in [7, 11) is 0. The Hall–Kier alpha value is -1.56. The van der Waals surface area contributed by atoms with Gasteiger partial charge in [-0.3, -0.25) is 9.59 Å². The summed E-state index contributed by atoms with van der Waals surface area (Å²) < 4.78 is 0.723. The van der Waals surface area contributed by atoms with E-state index in [-0.39, 0.29) is 11.9 Å². The first-order valence-electron chi connectivity index (χ1n) is 6.57. The summed E-state index contributed by atoms with van der Waals surface area (Å²) in [6.07, 6.45) is 3.15. The number of benzene rings is 1. The third kappa shape index (κ3) is 3.50. The zero-order chi connectivity index (χ0) is 14.7. The Labute approximate surface area is 125 Å². The molecule has 1 aromatic carbocycles. The van der Waals surface area contributed by atoms with E-state index in [4.69, 9.17) is 5.73 Å². The highest BCUT2D eigenvalue weighted by atomic mass is 79.9. The third-order valence-electron chi connectivity index (χ3n) is 3.58. The van der Waals surface area contributed by atoms with Gasteiger partial charge in [-0.15, -0.1) is 0 Å². The first kappa shape index (κ1) is 14.8. The Balaban J connectivity index is 2.11. The topological polar surface area (TPSA) is 92.4 Å². The second-order valence-corrected chi connectivity index (χ2v) is 6.00. The molecule has 108 valence electrons. The van der Waals surface area contributed by atoms with Gasteiger partial charge in [-0.1, -0.05) is 28.8 Å². The Bertz CT molecular complexity index is 513. The summed E-state index contributed by atoms with van der Waals surface area (Å²) in [5.74, 6) is -1.63. The number of carbonyl (C=O) groups excluding carboxylic acids is 1. The van der Waals surface area contributed by atoms with E-state index in [0.29, 0.717) is 24.1 Å². The van der Waals surface area contributed by atoms with Gasteiger partial charge < -0.3 is 16.2 Å². The largest absolute Gasteiger partial charge is 0.481 e. The molecule has 1 saturated carbocycles. The van der Waals surface area contributed by atoms with Crippen molar-refractivity contribution >= 4 is 33.5 Å². The van der Waals surface area contributed by atoms with E-state index in [2.05, 4.69) is 21.2 Å². The molecular weight excluding hydrogens is 324 g/mol. The van der Waals surface area contributed by atoms with Crippen molar-refractivity contribution in [2.45, 2.75) is 31.7 Å². The molecule has 1 aromatic rings. The zero-order valence-electron chi connectivity index (χ0n) is 10.9. The van der Waals surface area contributed by atoms with Gasteiger partial charge in [0, 0.05) is 21.8 Å². The second kappa shape index (κ2) is 6.26. The van der Waals surface area contributed by atoms with Gasteiger partial charge in [0.1, 0.15) is 0 Å². The average molecular weight is 341 g/mol. The highest BCUT2D eigenvalue weighted by Gasteiger charge is 2.31. The number of nitrogen functional groups attached to an aromatic ring is 1. The fourth-order valence-corrected chi connectivity index (χ4v) is 3.11. The van der Waals surface area contributed by atoms with Gasteiger partial charge in [-0.2, -0.15) is 0 Å². The number of halogens is 1. The van der Waals surface area contributed by atoms with E-state index < -0.39 is 11.9 Å². The summed E-state index contributed by atoms with van der Waals surface area (Å²) in [5, 5.41) is 12.0. The van der Waals surface area contributed by atoms with Crippen LogP contribution in [0.3, 0.4) is 0 Å². The van der Waals surface area contributed by atoms with Crippen molar-refractivity contribution in [3.05, 3.63) is 28.2 Å². The molecule has 0 heterocycles. The molecule has 5 nitrogen and oxygen atoms in total. The molecule has 1 aliphatic rings. The van der Waals surface area contributed by atoms with Crippen LogP contribution in [0, 0.1) is 5.92 Å².